The SMILES string of the molecule is O=C(O)[C@H](O)[C@@H](O)[C@H](O)[C@H](O)CO.[H-].[H-].[Li+].[Na+]. The molecule has 0 rings (SSSR count). The van der Waals surface area contributed by atoms with Gasteiger partial charge in [0.2, 0.25) is 0 Å². The first-order valence-electron chi connectivity index (χ1n) is 3.47. The Balaban J connectivity index is -0.000000120. The minimum atomic E-state index is -2.20. The zero-order valence-electron chi connectivity index (χ0n) is 10.6. The summed E-state index contributed by atoms with van der Waals surface area (Å²) in [5, 5.41) is 51.8. The van der Waals surface area contributed by atoms with Gasteiger partial charge in [-0.05, 0) is 0 Å². The van der Waals surface area contributed by atoms with Gasteiger partial charge in [0.15, 0.2) is 6.10 Å². The number of carboxylic acid groups (broad SMARTS) is 1. The zero-order valence-corrected chi connectivity index (χ0v) is 10.6. The monoisotopic (exact) mass is 228 g/mol. The Bertz CT molecular complexity index is 190. The molecule has 0 aliphatic carbocycles. The smallest absolute Gasteiger partial charge is 1.00 e. The number of carbonyl (C=O) groups is 1. The number of rotatable bonds is 5. The van der Waals surface area contributed by atoms with Crippen molar-refractivity contribution in [1.82, 2.24) is 0 Å². The molecule has 0 aliphatic rings. The normalized spacial score (nSPS) is 17.7. The van der Waals surface area contributed by atoms with E-state index in [2.05, 4.69) is 0 Å². The molecule has 0 aromatic heterocycles. The Morgan fingerprint density at radius 1 is 1.13 bits per heavy atom. The van der Waals surface area contributed by atoms with E-state index in [0.717, 1.165) is 0 Å². The Morgan fingerprint density at radius 3 is 1.80 bits per heavy atom. The van der Waals surface area contributed by atoms with E-state index in [1.165, 1.54) is 0 Å². The van der Waals surface area contributed by atoms with Crippen molar-refractivity contribution in [1.29, 1.82) is 0 Å². The van der Waals surface area contributed by atoms with Gasteiger partial charge in [-0.25, -0.2) is 4.79 Å². The molecular weight excluding hydrogens is 214 g/mol. The molecule has 0 amide bonds. The minimum Gasteiger partial charge on any atom is -1.00 e. The van der Waals surface area contributed by atoms with E-state index in [4.69, 9.17) is 30.6 Å². The van der Waals surface area contributed by atoms with Crippen molar-refractivity contribution in [2.24, 2.45) is 0 Å². The molecule has 6 N–H and O–H groups in total. The van der Waals surface area contributed by atoms with Gasteiger partial charge in [-0.1, -0.05) is 0 Å². The second kappa shape index (κ2) is 10.0. The molecule has 0 saturated carbocycles. The van der Waals surface area contributed by atoms with E-state index < -0.39 is 37.0 Å². The molecule has 4 atom stereocenters. The van der Waals surface area contributed by atoms with Crippen molar-refractivity contribution in [3.8, 4) is 0 Å². The Morgan fingerprint density at radius 2 is 1.53 bits per heavy atom. The molecule has 0 saturated heterocycles. The molecule has 0 aromatic carbocycles. The number of aliphatic hydroxyl groups excluding tert-OH is 5. The summed E-state index contributed by atoms with van der Waals surface area (Å²) in [5.74, 6) is -1.73. The van der Waals surface area contributed by atoms with Crippen LogP contribution in [0, 0.1) is 0 Å². The standard InChI is InChI=1S/C6H12O7.Li.Na.2H/c7-1-2(8)3(9)4(10)5(11)6(12)13;;;;/h2-5,7-11H,1H2,(H,12,13);;;;/q;2*+1;2*-1/t2-,3-,4+,5-;;;;/m1..../s1. The van der Waals surface area contributed by atoms with Gasteiger partial charge in [-0.2, -0.15) is 0 Å². The van der Waals surface area contributed by atoms with Crippen LogP contribution in [0.5, 0.6) is 0 Å². The minimum absolute atomic E-state index is 0. The summed E-state index contributed by atoms with van der Waals surface area (Å²) < 4.78 is 0. The second-order valence-electron chi connectivity index (χ2n) is 2.51. The average molecular weight is 228 g/mol. The fourth-order valence-electron chi connectivity index (χ4n) is 0.668. The second-order valence-corrected chi connectivity index (χ2v) is 2.51. The van der Waals surface area contributed by atoms with Crippen molar-refractivity contribution in [2.75, 3.05) is 6.61 Å². The van der Waals surface area contributed by atoms with Crippen LogP contribution >= 0.6 is 0 Å². The molecule has 0 aromatic rings. The summed E-state index contributed by atoms with van der Waals surface area (Å²) in [5.41, 5.74) is 0. The third-order valence-electron chi connectivity index (χ3n) is 1.51. The quantitative estimate of drug-likeness (QED) is 0.257. The summed E-state index contributed by atoms with van der Waals surface area (Å²) in [4.78, 5) is 10.1. The molecule has 15 heavy (non-hydrogen) atoms. The first-order valence-corrected chi connectivity index (χ1v) is 3.47. The number of aliphatic hydroxyl groups is 5. The van der Waals surface area contributed by atoms with Crippen LogP contribution in [-0.4, -0.2) is 67.6 Å². The van der Waals surface area contributed by atoms with Crippen LogP contribution in [0.4, 0.5) is 0 Å². The molecule has 82 valence electrons. The van der Waals surface area contributed by atoms with Crippen LogP contribution in [0.25, 0.3) is 0 Å². The van der Waals surface area contributed by atoms with Crippen molar-refractivity contribution in [2.45, 2.75) is 24.4 Å². The third-order valence-corrected chi connectivity index (χ3v) is 1.51. The molecular formula is C6H14LiNaO7. The molecule has 0 radical (unpaired) electrons. The van der Waals surface area contributed by atoms with Gasteiger partial charge in [-0.15, -0.1) is 0 Å². The van der Waals surface area contributed by atoms with Crippen LogP contribution in [0.3, 0.4) is 0 Å². The molecule has 0 aliphatic heterocycles. The van der Waals surface area contributed by atoms with Gasteiger partial charge >= 0.3 is 54.4 Å². The van der Waals surface area contributed by atoms with Crippen LogP contribution in [0.15, 0.2) is 0 Å². The summed E-state index contributed by atoms with van der Waals surface area (Å²) in [6.07, 6.45) is -7.84. The number of hydrogen-bond donors (Lipinski definition) is 6. The molecule has 0 spiro atoms. The Kier molecular flexibility index (Phi) is 14.2. The summed E-state index contributed by atoms with van der Waals surface area (Å²) in [7, 11) is 0. The largest absolute Gasteiger partial charge is 1.00 e. The molecule has 0 heterocycles. The Hall–Kier alpha value is 0.867. The van der Waals surface area contributed by atoms with Crippen molar-refractivity contribution in [3.05, 3.63) is 0 Å². The van der Waals surface area contributed by atoms with Gasteiger partial charge in [-0.3, -0.25) is 0 Å². The predicted molar refractivity (Wildman–Crippen MR) is 41.0 cm³/mol. The maximum absolute atomic E-state index is 10.1. The van der Waals surface area contributed by atoms with Gasteiger partial charge in [0.05, 0.1) is 6.61 Å². The van der Waals surface area contributed by atoms with Crippen LogP contribution in [0.1, 0.15) is 2.85 Å². The van der Waals surface area contributed by atoms with Gasteiger partial charge < -0.3 is 33.5 Å². The zero-order chi connectivity index (χ0) is 10.6. The molecule has 0 bridgehead atoms. The fourth-order valence-corrected chi connectivity index (χ4v) is 0.668. The Labute approximate surface area is 123 Å². The number of carboxylic acids is 1. The van der Waals surface area contributed by atoms with Crippen LogP contribution in [0.2, 0.25) is 0 Å². The van der Waals surface area contributed by atoms with Gasteiger partial charge in [0.25, 0.3) is 0 Å². The molecule has 0 unspecified atom stereocenters. The topological polar surface area (TPSA) is 138 Å². The number of hydrogen-bond acceptors (Lipinski definition) is 6. The van der Waals surface area contributed by atoms with E-state index in [-0.39, 0.29) is 51.3 Å². The van der Waals surface area contributed by atoms with E-state index in [1.807, 2.05) is 0 Å². The predicted octanol–water partition coefficient (Wildman–Crippen LogP) is -9.26. The van der Waals surface area contributed by atoms with Gasteiger partial charge in [0, 0.05) is 0 Å². The van der Waals surface area contributed by atoms with E-state index in [1.54, 1.807) is 0 Å². The maximum Gasteiger partial charge on any atom is 1.00 e. The number of aliphatic carboxylic acids is 1. The third kappa shape index (κ3) is 6.92. The summed E-state index contributed by atoms with van der Waals surface area (Å²) >= 11 is 0. The van der Waals surface area contributed by atoms with Crippen LogP contribution in [-0.2, 0) is 4.79 Å². The summed E-state index contributed by atoms with van der Waals surface area (Å²) in [6.45, 7) is -0.843. The van der Waals surface area contributed by atoms with Crippen molar-refractivity contribution < 1.29 is 86.7 Å². The first-order chi connectivity index (χ1) is 5.91. The fraction of sp³-hybridized carbons (Fsp3) is 0.833. The summed E-state index contributed by atoms with van der Waals surface area (Å²) in [6, 6.07) is 0. The van der Waals surface area contributed by atoms with E-state index in [9.17, 15) is 4.79 Å². The molecule has 0 fully saturated rings. The van der Waals surface area contributed by atoms with Crippen molar-refractivity contribution in [3.63, 3.8) is 0 Å². The van der Waals surface area contributed by atoms with Gasteiger partial charge in [0.1, 0.15) is 18.3 Å². The average Bonchev–Trinajstić information content (AvgIpc) is 2.12. The molecule has 7 nitrogen and oxygen atoms in total. The van der Waals surface area contributed by atoms with E-state index >= 15 is 0 Å². The van der Waals surface area contributed by atoms with E-state index in [0.29, 0.717) is 0 Å². The molecule has 9 heteroatoms. The maximum atomic E-state index is 10.1. The van der Waals surface area contributed by atoms with Crippen molar-refractivity contribution >= 4 is 5.97 Å². The van der Waals surface area contributed by atoms with Crippen LogP contribution < -0.4 is 48.4 Å². The first kappa shape index (κ1) is 21.2.